The predicted octanol–water partition coefficient (Wildman–Crippen LogP) is -0.133. The van der Waals surface area contributed by atoms with Gasteiger partial charge in [-0.3, -0.25) is 0 Å². The lowest BCUT2D eigenvalue weighted by atomic mass is 10.1. The van der Waals surface area contributed by atoms with Crippen molar-refractivity contribution in [2.24, 2.45) is 0 Å². The van der Waals surface area contributed by atoms with Gasteiger partial charge >= 0.3 is 0 Å². The lowest BCUT2D eigenvalue weighted by molar-refractivity contribution is 0.276. The predicted molar refractivity (Wildman–Crippen MR) is 60.9 cm³/mol. The van der Waals surface area contributed by atoms with Gasteiger partial charge in [-0.1, -0.05) is 6.92 Å². The topological polar surface area (TPSA) is 52.7 Å². The zero-order chi connectivity index (χ0) is 11.5. The first-order valence-corrected chi connectivity index (χ1v) is 6.80. The summed E-state index contributed by atoms with van der Waals surface area (Å²) in [6, 6.07) is 0.291. The Labute approximate surface area is 92.6 Å². The molecule has 1 aliphatic heterocycles. The third-order valence-electron chi connectivity index (χ3n) is 2.96. The average molecular weight is 235 g/mol. The van der Waals surface area contributed by atoms with Crippen LogP contribution in [0.3, 0.4) is 0 Å². The van der Waals surface area contributed by atoms with Gasteiger partial charge in [-0.2, -0.15) is 17.0 Å². The first-order valence-electron chi connectivity index (χ1n) is 5.41. The van der Waals surface area contributed by atoms with Crippen LogP contribution < -0.4 is 5.32 Å². The summed E-state index contributed by atoms with van der Waals surface area (Å²) in [5.41, 5.74) is 0. The molecule has 1 rings (SSSR count). The number of nitrogens with zero attached hydrogens (tertiary/aromatic N) is 2. The van der Waals surface area contributed by atoms with E-state index in [0.717, 1.165) is 12.8 Å². The van der Waals surface area contributed by atoms with E-state index in [4.69, 9.17) is 0 Å². The van der Waals surface area contributed by atoms with Gasteiger partial charge in [0.2, 0.25) is 0 Å². The van der Waals surface area contributed by atoms with Crippen LogP contribution in [0.4, 0.5) is 0 Å². The van der Waals surface area contributed by atoms with Crippen molar-refractivity contribution in [1.29, 1.82) is 0 Å². The number of likely N-dealkylation sites (N-methyl/N-ethyl adjacent to an activating group) is 1. The van der Waals surface area contributed by atoms with Gasteiger partial charge in [-0.15, -0.1) is 0 Å². The van der Waals surface area contributed by atoms with Gasteiger partial charge in [0.05, 0.1) is 0 Å². The molecule has 0 aromatic heterocycles. The minimum absolute atomic E-state index is 0.291. The van der Waals surface area contributed by atoms with E-state index in [1.54, 1.807) is 11.4 Å². The molecule has 0 aromatic carbocycles. The molecular formula is C9H21N3O2S. The minimum Gasteiger partial charge on any atom is -0.316 e. The molecule has 1 heterocycles. The standard InChI is InChI=1S/C9H21N3O2S/c1-4-11(3)15(13,14)12-7-5-6-9(8-12)10-2/h9-10H,4-8H2,1-3H3. The van der Waals surface area contributed by atoms with E-state index >= 15 is 0 Å². The molecule has 1 N–H and O–H groups in total. The van der Waals surface area contributed by atoms with E-state index in [1.807, 2.05) is 14.0 Å². The molecule has 90 valence electrons. The van der Waals surface area contributed by atoms with Crippen LogP contribution >= 0.6 is 0 Å². The second-order valence-electron chi connectivity index (χ2n) is 3.91. The van der Waals surface area contributed by atoms with E-state index in [1.165, 1.54) is 4.31 Å². The smallest absolute Gasteiger partial charge is 0.281 e. The zero-order valence-electron chi connectivity index (χ0n) is 9.73. The number of hydrogen-bond acceptors (Lipinski definition) is 3. The average Bonchev–Trinajstić information content (AvgIpc) is 2.27. The highest BCUT2D eigenvalue weighted by atomic mass is 32.2. The quantitative estimate of drug-likeness (QED) is 0.738. The van der Waals surface area contributed by atoms with Crippen molar-refractivity contribution >= 4 is 10.2 Å². The van der Waals surface area contributed by atoms with Crippen LogP contribution in [0.5, 0.6) is 0 Å². The van der Waals surface area contributed by atoms with Crippen molar-refractivity contribution in [3.63, 3.8) is 0 Å². The van der Waals surface area contributed by atoms with Crippen molar-refractivity contribution in [3.05, 3.63) is 0 Å². The maximum absolute atomic E-state index is 12.0. The van der Waals surface area contributed by atoms with E-state index < -0.39 is 10.2 Å². The molecule has 0 bridgehead atoms. The van der Waals surface area contributed by atoms with Crippen molar-refractivity contribution in [1.82, 2.24) is 13.9 Å². The Morgan fingerprint density at radius 1 is 1.53 bits per heavy atom. The van der Waals surface area contributed by atoms with E-state index in [-0.39, 0.29) is 0 Å². The Morgan fingerprint density at radius 3 is 2.73 bits per heavy atom. The van der Waals surface area contributed by atoms with Crippen LogP contribution in [0.25, 0.3) is 0 Å². The summed E-state index contributed by atoms with van der Waals surface area (Å²) < 4.78 is 27.0. The Hall–Kier alpha value is -0.170. The lowest BCUT2D eigenvalue weighted by Crippen LogP contribution is -2.50. The first kappa shape index (κ1) is 12.9. The van der Waals surface area contributed by atoms with Crippen molar-refractivity contribution in [3.8, 4) is 0 Å². The summed E-state index contributed by atoms with van der Waals surface area (Å²) in [6.07, 6.45) is 1.99. The monoisotopic (exact) mass is 235 g/mol. The maximum Gasteiger partial charge on any atom is 0.281 e. The number of piperidine rings is 1. The molecule has 1 saturated heterocycles. The van der Waals surface area contributed by atoms with Gasteiger partial charge in [0.15, 0.2) is 0 Å². The molecule has 0 radical (unpaired) electrons. The SMILES string of the molecule is CCN(C)S(=O)(=O)N1CCCC(NC)C1. The second kappa shape index (κ2) is 5.25. The molecule has 0 aliphatic carbocycles. The first-order chi connectivity index (χ1) is 7.02. The van der Waals surface area contributed by atoms with Gasteiger partial charge in [0.1, 0.15) is 0 Å². The van der Waals surface area contributed by atoms with Crippen LogP contribution in [-0.4, -0.2) is 56.8 Å². The molecule has 5 nitrogen and oxygen atoms in total. The Bertz CT molecular complexity index is 292. The normalized spacial score (nSPS) is 24.7. The summed E-state index contributed by atoms with van der Waals surface area (Å²) in [7, 11) is 0.274. The summed E-state index contributed by atoms with van der Waals surface area (Å²) in [6.45, 7) is 3.59. The summed E-state index contributed by atoms with van der Waals surface area (Å²) in [5.74, 6) is 0. The Balaban J connectivity index is 2.70. The van der Waals surface area contributed by atoms with Gasteiger partial charge < -0.3 is 5.32 Å². The summed E-state index contributed by atoms with van der Waals surface area (Å²) >= 11 is 0. The minimum atomic E-state index is -3.23. The highest BCUT2D eigenvalue weighted by molar-refractivity contribution is 7.86. The van der Waals surface area contributed by atoms with Gasteiger partial charge in [-0.25, -0.2) is 0 Å². The van der Waals surface area contributed by atoms with Crippen LogP contribution in [0.15, 0.2) is 0 Å². The van der Waals surface area contributed by atoms with Gasteiger partial charge in [0.25, 0.3) is 10.2 Å². The fourth-order valence-electron chi connectivity index (χ4n) is 1.75. The van der Waals surface area contributed by atoms with Crippen LogP contribution in [0.2, 0.25) is 0 Å². The zero-order valence-corrected chi connectivity index (χ0v) is 10.5. The molecule has 0 aromatic rings. The second-order valence-corrected chi connectivity index (χ2v) is 5.94. The van der Waals surface area contributed by atoms with Crippen LogP contribution in [0, 0.1) is 0 Å². The highest BCUT2D eigenvalue weighted by Gasteiger charge is 2.30. The molecule has 1 unspecified atom stereocenters. The van der Waals surface area contributed by atoms with Crippen molar-refractivity contribution in [2.75, 3.05) is 33.7 Å². The third-order valence-corrected chi connectivity index (χ3v) is 4.99. The molecule has 6 heteroatoms. The molecule has 15 heavy (non-hydrogen) atoms. The number of nitrogens with one attached hydrogen (secondary N) is 1. The largest absolute Gasteiger partial charge is 0.316 e. The van der Waals surface area contributed by atoms with Gasteiger partial charge in [-0.05, 0) is 19.9 Å². The maximum atomic E-state index is 12.0. The van der Waals surface area contributed by atoms with E-state index in [2.05, 4.69) is 5.32 Å². The lowest BCUT2D eigenvalue weighted by Gasteiger charge is -2.33. The van der Waals surface area contributed by atoms with Crippen LogP contribution in [0.1, 0.15) is 19.8 Å². The highest BCUT2D eigenvalue weighted by Crippen LogP contribution is 2.15. The molecular weight excluding hydrogens is 214 g/mol. The fourth-order valence-corrected chi connectivity index (χ4v) is 3.20. The Morgan fingerprint density at radius 2 is 2.20 bits per heavy atom. The Kier molecular flexibility index (Phi) is 4.51. The van der Waals surface area contributed by atoms with Crippen molar-refractivity contribution < 1.29 is 8.42 Å². The van der Waals surface area contributed by atoms with Gasteiger partial charge in [0, 0.05) is 32.7 Å². The number of rotatable bonds is 4. The molecule has 1 fully saturated rings. The number of hydrogen-bond donors (Lipinski definition) is 1. The molecule has 0 spiro atoms. The third kappa shape index (κ3) is 2.90. The van der Waals surface area contributed by atoms with E-state index in [9.17, 15) is 8.42 Å². The van der Waals surface area contributed by atoms with Crippen molar-refractivity contribution in [2.45, 2.75) is 25.8 Å². The fraction of sp³-hybridized carbons (Fsp3) is 1.00. The molecule has 0 amide bonds. The molecule has 0 saturated carbocycles. The summed E-state index contributed by atoms with van der Waals surface area (Å²) in [4.78, 5) is 0. The molecule has 1 aliphatic rings. The molecule has 1 atom stereocenters. The summed E-state index contributed by atoms with van der Waals surface area (Å²) in [5, 5.41) is 3.14. The van der Waals surface area contributed by atoms with Crippen LogP contribution in [-0.2, 0) is 10.2 Å². The van der Waals surface area contributed by atoms with E-state index in [0.29, 0.717) is 25.7 Å².